The molecule has 2 aliphatic heterocycles. The molecule has 0 radical (unpaired) electrons. The van der Waals surface area contributed by atoms with Crippen molar-refractivity contribution in [2.24, 2.45) is 0 Å². The van der Waals surface area contributed by atoms with Crippen molar-refractivity contribution in [2.75, 3.05) is 36.3 Å². The van der Waals surface area contributed by atoms with Gasteiger partial charge in [0.25, 0.3) is 0 Å². The first kappa shape index (κ1) is 10.9. The number of nitrogens with zero attached hydrogens (tertiary/aromatic N) is 2. The van der Waals surface area contributed by atoms with Crippen molar-refractivity contribution >= 4 is 21.6 Å². The van der Waals surface area contributed by atoms with Crippen LogP contribution < -0.4 is 9.62 Å². The average Bonchev–Trinajstić information content (AvgIpc) is 2.84. The van der Waals surface area contributed by atoms with Crippen LogP contribution in [0.15, 0.2) is 18.2 Å². The average molecular weight is 253 g/mol. The third kappa shape index (κ3) is 1.59. The Morgan fingerprint density at radius 3 is 2.82 bits per heavy atom. The van der Waals surface area contributed by atoms with Crippen LogP contribution >= 0.6 is 0 Å². The lowest BCUT2D eigenvalue weighted by molar-refractivity contribution is 0.511. The largest absolute Gasteiger partial charge is 0.384 e. The lowest BCUT2D eigenvalue weighted by Crippen LogP contribution is -2.30. The number of fused-ring (bicyclic) bond motifs is 1. The molecule has 0 amide bonds. The lowest BCUT2D eigenvalue weighted by Gasteiger charge is -2.18. The number of nitrogens with one attached hydrogen (secondary N) is 1. The second-order valence-electron chi connectivity index (χ2n) is 4.42. The molecular formula is C11H15N3O2S. The summed E-state index contributed by atoms with van der Waals surface area (Å²) in [5, 5.41) is 3.27. The number of hydrogen-bond donors (Lipinski definition) is 1. The van der Waals surface area contributed by atoms with Gasteiger partial charge in [-0.1, -0.05) is 6.07 Å². The van der Waals surface area contributed by atoms with Gasteiger partial charge in [-0.25, -0.2) is 0 Å². The molecule has 2 aliphatic rings. The zero-order valence-corrected chi connectivity index (χ0v) is 10.5. The second-order valence-corrected chi connectivity index (χ2v) is 6.38. The monoisotopic (exact) mass is 253 g/mol. The first-order valence-corrected chi connectivity index (χ1v) is 7.09. The number of anilines is 2. The maximum absolute atomic E-state index is 12.0. The molecule has 5 nitrogen and oxygen atoms in total. The van der Waals surface area contributed by atoms with E-state index in [-0.39, 0.29) is 0 Å². The van der Waals surface area contributed by atoms with Crippen LogP contribution in [0.1, 0.15) is 5.56 Å². The molecule has 1 saturated heterocycles. The highest BCUT2D eigenvalue weighted by Gasteiger charge is 2.34. The summed E-state index contributed by atoms with van der Waals surface area (Å²) in [4.78, 5) is 0. The Balaban J connectivity index is 2.01. The third-order valence-corrected chi connectivity index (χ3v) is 5.30. The molecule has 0 bridgehead atoms. The van der Waals surface area contributed by atoms with Crippen molar-refractivity contribution < 1.29 is 8.42 Å². The van der Waals surface area contributed by atoms with E-state index >= 15 is 0 Å². The molecule has 0 aliphatic carbocycles. The van der Waals surface area contributed by atoms with E-state index < -0.39 is 10.2 Å². The summed E-state index contributed by atoms with van der Waals surface area (Å²) in [6, 6.07) is 5.83. The molecule has 3 rings (SSSR count). The van der Waals surface area contributed by atoms with Crippen LogP contribution in [-0.4, -0.2) is 39.4 Å². The van der Waals surface area contributed by atoms with Crippen molar-refractivity contribution in [3.63, 3.8) is 0 Å². The first-order valence-electron chi connectivity index (χ1n) is 5.70. The Hall–Kier alpha value is -1.27. The summed E-state index contributed by atoms with van der Waals surface area (Å²) in [5.41, 5.74) is 3.08. The van der Waals surface area contributed by atoms with Crippen LogP contribution in [0.2, 0.25) is 0 Å². The van der Waals surface area contributed by atoms with E-state index in [1.165, 1.54) is 14.2 Å². The SMILES string of the molecule is CN1CCN(c2ccc3c(c2)NCC3)S1(=O)=O. The normalized spacial score (nSPS) is 22.5. The van der Waals surface area contributed by atoms with Gasteiger partial charge in [0.05, 0.1) is 5.69 Å². The Kier molecular flexibility index (Phi) is 2.31. The summed E-state index contributed by atoms with van der Waals surface area (Å²) in [6.07, 6.45) is 1.02. The van der Waals surface area contributed by atoms with Crippen LogP contribution in [0, 0.1) is 0 Å². The number of likely N-dealkylation sites (N-methyl/N-ethyl adjacent to an activating group) is 1. The van der Waals surface area contributed by atoms with E-state index in [2.05, 4.69) is 5.32 Å². The molecule has 6 heteroatoms. The van der Waals surface area contributed by atoms with Crippen molar-refractivity contribution in [2.45, 2.75) is 6.42 Å². The van der Waals surface area contributed by atoms with E-state index in [1.54, 1.807) is 7.05 Å². The summed E-state index contributed by atoms with van der Waals surface area (Å²) in [5.74, 6) is 0. The van der Waals surface area contributed by atoms with Gasteiger partial charge < -0.3 is 5.32 Å². The first-order chi connectivity index (χ1) is 8.09. The second kappa shape index (κ2) is 3.61. The summed E-state index contributed by atoms with van der Waals surface area (Å²) >= 11 is 0. The van der Waals surface area contributed by atoms with Gasteiger partial charge >= 0.3 is 10.2 Å². The molecule has 0 unspecified atom stereocenters. The predicted molar refractivity (Wildman–Crippen MR) is 67.5 cm³/mol. The third-order valence-electron chi connectivity index (χ3n) is 3.38. The van der Waals surface area contributed by atoms with Gasteiger partial charge in [0.1, 0.15) is 0 Å². The van der Waals surface area contributed by atoms with Gasteiger partial charge in [0.2, 0.25) is 0 Å². The molecule has 0 aromatic heterocycles. The molecule has 0 atom stereocenters. The maximum atomic E-state index is 12.0. The number of benzene rings is 1. The Morgan fingerprint density at radius 1 is 1.29 bits per heavy atom. The molecular weight excluding hydrogens is 238 g/mol. The highest BCUT2D eigenvalue weighted by atomic mass is 32.2. The Labute approximate surface area is 101 Å². The summed E-state index contributed by atoms with van der Waals surface area (Å²) in [7, 11) is -1.69. The fraction of sp³-hybridized carbons (Fsp3) is 0.455. The standard InChI is InChI=1S/C11H15N3O2S/c1-13-6-7-14(17(13,15)16)10-3-2-9-4-5-12-11(9)8-10/h2-3,8,12H,4-7H2,1H3. The molecule has 0 saturated carbocycles. The molecule has 17 heavy (non-hydrogen) atoms. The van der Waals surface area contributed by atoms with Crippen molar-refractivity contribution in [1.82, 2.24) is 4.31 Å². The zero-order valence-electron chi connectivity index (χ0n) is 9.68. The van der Waals surface area contributed by atoms with Crippen LogP contribution in [0.25, 0.3) is 0 Å². The van der Waals surface area contributed by atoms with Crippen LogP contribution in [0.4, 0.5) is 11.4 Å². The molecule has 1 aromatic carbocycles. The van der Waals surface area contributed by atoms with E-state index in [4.69, 9.17) is 0 Å². The predicted octanol–water partition coefficient (Wildman–Crippen LogP) is 0.651. The highest BCUT2D eigenvalue weighted by Crippen LogP contribution is 2.31. The van der Waals surface area contributed by atoms with Crippen molar-refractivity contribution in [3.8, 4) is 0 Å². The molecule has 1 fully saturated rings. The fourth-order valence-corrected chi connectivity index (χ4v) is 3.67. The Morgan fingerprint density at radius 2 is 2.12 bits per heavy atom. The van der Waals surface area contributed by atoms with E-state index in [1.807, 2.05) is 18.2 Å². The topological polar surface area (TPSA) is 52.6 Å². The highest BCUT2D eigenvalue weighted by molar-refractivity contribution is 7.90. The van der Waals surface area contributed by atoms with Gasteiger partial charge in [-0.05, 0) is 24.1 Å². The minimum Gasteiger partial charge on any atom is -0.384 e. The van der Waals surface area contributed by atoms with Gasteiger partial charge in [-0.3, -0.25) is 4.31 Å². The molecule has 2 heterocycles. The minimum absolute atomic E-state index is 0.525. The summed E-state index contributed by atoms with van der Waals surface area (Å²) < 4.78 is 26.9. The van der Waals surface area contributed by atoms with Gasteiger partial charge in [-0.2, -0.15) is 12.7 Å². The molecule has 92 valence electrons. The van der Waals surface area contributed by atoms with Crippen LogP contribution in [0.3, 0.4) is 0 Å². The van der Waals surface area contributed by atoms with Crippen molar-refractivity contribution in [1.29, 1.82) is 0 Å². The van der Waals surface area contributed by atoms with E-state index in [9.17, 15) is 8.42 Å². The number of hydrogen-bond acceptors (Lipinski definition) is 3. The molecule has 1 aromatic rings. The summed E-state index contributed by atoms with van der Waals surface area (Å²) in [6.45, 7) is 2.01. The quantitative estimate of drug-likeness (QED) is 0.799. The van der Waals surface area contributed by atoms with Gasteiger partial charge in [0, 0.05) is 32.4 Å². The fourth-order valence-electron chi connectivity index (χ4n) is 2.33. The lowest BCUT2D eigenvalue weighted by atomic mass is 10.1. The molecule has 1 N–H and O–H groups in total. The van der Waals surface area contributed by atoms with Crippen LogP contribution in [-0.2, 0) is 16.6 Å². The van der Waals surface area contributed by atoms with E-state index in [0.717, 1.165) is 24.3 Å². The smallest absolute Gasteiger partial charge is 0.303 e. The van der Waals surface area contributed by atoms with Gasteiger partial charge in [0.15, 0.2) is 0 Å². The van der Waals surface area contributed by atoms with Crippen molar-refractivity contribution in [3.05, 3.63) is 23.8 Å². The molecule has 0 spiro atoms. The number of rotatable bonds is 1. The maximum Gasteiger partial charge on any atom is 0.303 e. The Bertz CT molecular complexity index is 556. The van der Waals surface area contributed by atoms with Crippen LogP contribution in [0.5, 0.6) is 0 Å². The van der Waals surface area contributed by atoms with Gasteiger partial charge in [-0.15, -0.1) is 0 Å². The minimum atomic E-state index is -3.30. The van der Waals surface area contributed by atoms with E-state index in [0.29, 0.717) is 13.1 Å². The zero-order chi connectivity index (χ0) is 12.0.